The fraction of sp³-hybridized carbons (Fsp3) is 0.167. The molecule has 0 aromatic carbocycles. The molecule has 2 aromatic heterocycles. The van der Waals surface area contributed by atoms with Crippen molar-refractivity contribution in [1.29, 1.82) is 0 Å². The van der Waals surface area contributed by atoms with E-state index in [1.807, 2.05) is 25.1 Å². The molecule has 0 amide bonds. The Morgan fingerprint density at radius 3 is 2.67 bits per heavy atom. The van der Waals surface area contributed by atoms with E-state index in [0.717, 1.165) is 5.69 Å². The number of rotatable bonds is 4. The zero-order valence-electron chi connectivity index (χ0n) is 9.78. The fourth-order valence-corrected chi connectivity index (χ4v) is 1.57. The number of pyridine rings is 2. The van der Waals surface area contributed by atoms with Crippen LogP contribution in [0.2, 0.25) is 0 Å². The molecule has 0 radical (unpaired) electrons. The minimum Gasteiger partial charge on any atom is -0.356 e. The zero-order chi connectivity index (χ0) is 13.0. The van der Waals surface area contributed by atoms with Crippen LogP contribution in [0.5, 0.6) is 0 Å². The lowest BCUT2D eigenvalue weighted by molar-refractivity contribution is -0.384. The Kier molecular flexibility index (Phi) is 3.47. The maximum atomic E-state index is 10.8. The van der Waals surface area contributed by atoms with Gasteiger partial charge in [-0.05, 0) is 25.1 Å². The van der Waals surface area contributed by atoms with Crippen LogP contribution in [0.15, 0.2) is 42.7 Å². The molecule has 1 N–H and O–H groups in total. The van der Waals surface area contributed by atoms with Crippen molar-refractivity contribution in [3.8, 4) is 0 Å². The largest absolute Gasteiger partial charge is 0.356 e. The first-order valence-corrected chi connectivity index (χ1v) is 5.45. The number of anilines is 1. The van der Waals surface area contributed by atoms with E-state index < -0.39 is 4.92 Å². The summed E-state index contributed by atoms with van der Waals surface area (Å²) in [6.07, 6.45) is 3.20. The second-order valence-electron chi connectivity index (χ2n) is 3.75. The van der Waals surface area contributed by atoms with E-state index in [1.165, 1.54) is 18.3 Å². The molecule has 2 heterocycles. The van der Waals surface area contributed by atoms with E-state index in [2.05, 4.69) is 15.3 Å². The van der Waals surface area contributed by atoms with Crippen LogP contribution in [0.4, 0.5) is 11.5 Å². The van der Waals surface area contributed by atoms with E-state index >= 15 is 0 Å². The lowest BCUT2D eigenvalue weighted by Crippen LogP contribution is -2.10. The van der Waals surface area contributed by atoms with Crippen LogP contribution in [-0.4, -0.2) is 14.9 Å². The molecule has 0 saturated heterocycles. The molecule has 0 aliphatic rings. The Hall–Kier alpha value is -2.50. The summed E-state index contributed by atoms with van der Waals surface area (Å²) < 4.78 is 0. The van der Waals surface area contributed by atoms with Gasteiger partial charge >= 0.3 is 5.69 Å². The van der Waals surface area contributed by atoms with Gasteiger partial charge in [-0.3, -0.25) is 15.1 Å². The number of aromatic nitrogens is 2. The van der Waals surface area contributed by atoms with E-state index in [-0.39, 0.29) is 17.5 Å². The third-order valence-corrected chi connectivity index (χ3v) is 2.47. The standard InChI is InChI=1S/C12H12N4O2/c1-9(10-5-2-3-7-13-10)15-12-11(16(17)18)6-4-8-14-12/h2-9H,1H3,(H,14,15)/t9-/m1/s1. The Morgan fingerprint density at radius 1 is 1.22 bits per heavy atom. The lowest BCUT2D eigenvalue weighted by atomic mass is 10.2. The van der Waals surface area contributed by atoms with Crippen molar-refractivity contribution in [2.24, 2.45) is 0 Å². The first-order valence-electron chi connectivity index (χ1n) is 5.45. The highest BCUT2D eigenvalue weighted by atomic mass is 16.6. The topological polar surface area (TPSA) is 81.0 Å². The molecule has 1 atom stereocenters. The lowest BCUT2D eigenvalue weighted by Gasteiger charge is -2.13. The average molecular weight is 244 g/mol. The highest BCUT2D eigenvalue weighted by molar-refractivity contribution is 5.55. The molecule has 2 aromatic rings. The highest BCUT2D eigenvalue weighted by Gasteiger charge is 2.16. The van der Waals surface area contributed by atoms with E-state index in [9.17, 15) is 10.1 Å². The highest BCUT2D eigenvalue weighted by Crippen LogP contribution is 2.24. The van der Waals surface area contributed by atoms with Gasteiger partial charge < -0.3 is 5.32 Å². The van der Waals surface area contributed by atoms with Crippen LogP contribution in [0.1, 0.15) is 18.7 Å². The van der Waals surface area contributed by atoms with Crippen LogP contribution in [0.25, 0.3) is 0 Å². The first kappa shape index (κ1) is 12.0. The van der Waals surface area contributed by atoms with Gasteiger partial charge in [0.15, 0.2) is 0 Å². The summed E-state index contributed by atoms with van der Waals surface area (Å²) in [6, 6.07) is 8.34. The number of nitro groups is 1. The minimum absolute atomic E-state index is 0.0414. The van der Waals surface area contributed by atoms with E-state index in [4.69, 9.17) is 0 Å². The number of hydrogen-bond acceptors (Lipinski definition) is 5. The molecule has 6 nitrogen and oxygen atoms in total. The van der Waals surface area contributed by atoms with Gasteiger partial charge in [-0.2, -0.15) is 0 Å². The maximum absolute atomic E-state index is 10.8. The molecular formula is C12H12N4O2. The Morgan fingerprint density at radius 2 is 2.00 bits per heavy atom. The fourth-order valence-electron chi connectivity index (χ4n) is 1.57. The molecule has 2 rings (SSSR count). The van der Waals surface area contributed by atoms with Gasteiger partial charge in [-0.25, -0.2) is 4.98 Å². The Labute approximate surface area is 104 Å². The molecule has 0 spiro atoms. The predicted octanol–water partition coefficient (Wildman–Crippen LogP) is 2.56. The van der Waals surface area contributed by atoms with Crippen molar-refractivity contribution in [3.63, 3.8) is 0 Å². The molecule has 0 aliphatic heterocycles. The molecule has 0 fully saturated rings. The molecular weight excluding hydrogens is 232 g/mol. The monoisotopic (exact) mass is 244 g/mol. The number of nitrogens with one attached hydrogen (secondary N) is 1. The third kappa shape index (κ3) is 2.60. The van der Waals surface area contributed by atoms with Gasteiger partial charge in [-0.1, -0.05) is 6.07 Å². The number of nitrogens with zero attached hydrogens (tertiary/aromatic N) is 3. The minimum atomic E-state index is -0.458. The van der Waals surface area contributed by atoms with Crippen LogP contribution in [-0.2, 0) is 0 Å². The van der Waals surface area contributed by atoms with Gasteiger partial charge in [0.1, 0.15) is 0 Å². The van der Waals surface area contributed by atoms with Gasteiger partial charge in [0.2, 0.25) is 5.82 Å². The third-order valence-electron chi connectivity index (χ3n) is 2.47. The van der Waals surface area contributed by atoms with Gasteiger partial charge in [0, 0.05) is 18.5 Å². The summed E-state index contributed by atoms with van der Waals surface area (Å²) in [5.74, 6) is 0.251. The van der Waals surface area contributed by atoms with Crippen molar-refractivity contribution in [2.45, 2.75) is 13.0 Å². The summed E-state index contributed by atoms with van der Waals surface area (Å²) in [7, 11) is 0. The Bertz CT molecular complexity index is 545. The first-order chi connectivity index (χ1) is 8.68. The quantitative estimate of drug-likeness (QED) is 0.660. The van der Waals surface area contributed by atoms with Crippen molar-refractivity contribution >= 4 is 11.5 Å². The normalized spacial score (nSPS) is 11.8. The molecule has 0 unspecified atom stereocenters. The summed E-state index contributed by atoms with van der Waals surface area (Å²) in [5.41, 5.74) is 0.762. The van der Waals surface area contributed by atoms with Gasteiger partial charge in [-0.15, -0.1) is 0 Å². The van der Waals surface area contributed by atoms with Crippen molar-refractivity contribution in [1.82, 2.24) is 9.97 Å². The summed E-state index contributed by atoms with van der Waals surface area (Å²) in [6.45, 7) is 1.88. The van der Waals surface area contributed by atoms with Crippen molar-refractivity contribution in [3.05, 3.63) is 58.5 Å². The second kappa shape index (κ2) is 5.22. The summed E-state index contributed by atoms with van der Waals surface area (Å²) >= 11 is 0. The molecule has 18 heavy (non-hydrogen) atoms. The molecule has 6 heteroatoms. The second-order valence-corrected chi connectivity index (χ2v) is 3.75. The number of hydrogen-bond donors (Lipinski definition) is 1. The van der Waals surface area contributed by atoms with E-state index in [1.54, 1.807) is 6.20 Å². The van der Waals surface area contributed by atoms with Crippen LogP contribution < -0.4 is 5.32 Å². The smallest absolute Gasteiger partial charge is 0.311 e. The van der Waals surface area contributed by atoms with Crippen molar-refractivity contribution in [2.75, 3.05) is 5.32 Å². The summed E-state index contributed by atoms with van der Waals surface area (Å²) in [5, 5.41) is 13.8. The predicted molar refractivity (Wildman–Crippen MR) is 67.2 cm³/mol. The molecule has 92 valence electrons. The van der Waals surface area contributed by atoms with Gasteiger partial charge in [0.05, 0.1) is 16.7 Å². The molecule has 0 saturated carbocycles. The van der Waals surface area contributed by atoms with Crippen LogP contribution in [0.3, 0.4) is 0 Å². The molecule has 0 bridgehead atoms. The maximum Gasteiger partial charge on any atom is 0.311 e. The van der Waals surface area contributed by atoms with Gasteiger partial charge in [0.25, 0.3) is 0 Å². The van der Waals surface area contributed by atoms with Crippen LogP contribution >= 0.6 is 0 Å². The zero-order valence-corrected chi connectivity index (χ0v) is 9.78. The SMILES string of the molecule is C[C@@H](Nc1ncccc1[N+](=O)[O-])c1ccccn1. The average Bonchev–Trinajstić information content (AvgIpc) is 2.40. The molecule has 0 aliphatic carbocycles. The van der Waals surface area contributed by atoms with Crippen molar-refractivity contribution < 1.29 is 4.92 Å². The Balaban J connectivity index is 2.22. The summed E-state index contributed by atoms with van der Waals surface area (Å²) in [4.78, 5) is 18.6. The van der Waals surface area contributed by atoms with Crippen LogP contribution in [0, 0.1) is 10.1 Å². The van der Waals surface area contributed by atoms with E-state index in [0.29, 0.717) is 0 Å².